The van der Waals surface area contributed by atoms with E-state index in [0.717, 1.165) is 16.4 Å². The molecule has 34 heavy (non-hydrogen) atoms. The van der Waals surface area contributed by atoms with Crippen LogP contribution in [0, 0.1) is 0 Å². The number of hydrogen-bond acceptors (Lipinski definition) is 8. The van der Waals surface area contributed by atoms with Gasteiger partial charge in [0, 0.05) is 29.1 Å². The van der Waals surface area contributed by atoms with Gasteiger partial charge < -0.3 is 19.1 Å². The van der Waals surface area contributed by atoms with Crippen molar-refractivity contribution in [3.8, 4) is 28.5 Å². The molecule has 1 aliphatic heterocycles. The zero-order chi connectivity index (χ0) is 24.5. The molecule has 1 fully saturated rings. The first-order chi connectivity index (χ1) is 16.3. The molecule has 0 radical (unpaired) electrons. The highest BCUT2D eigenvalue weighted by atomic mass is 35.5. The molecule has 11 heteroatoms. The summed E-state index contributed by atoms with van der Waals surface area (Å²) in [6.45, 7) is 1.15. The van der Waals surface area contributed by atoms with E-state index in [-0.39, 0.29) is 9.92 Å². The zero-order valence-corrected chi connectivity index (χ0v) is 22.0. The number of halogens is 2. The molecule has 1 aliphatic rings. The summed E-state index contributed by atoms with van der Waals surface area (Å²) in [6, 6.07) is 8.24. The number of ether oxygens (including phenoxy) is 3. The molecule has 1 aromatic heterocycles. The quantitative estimate of drug-likeness (QED) is 0.385. The summed E-state index contributed by atoms with van der Waals surface area (Å²) >= 11 is 13.7. The van der Waals surface area contributed by atoms with Gasteiger partial charge in [0.25, 0.3) is 0 Å². The highest BCUT2D eigenvalue weighted by molar-refractivity contribution is 7.92. The number of sulfone groups is 1. The minimum atomic E-state index is -3.58. The third kappa shape index (κ3) is 4.79. The molecule has 0 unspecified atom stereocenters. The van der Waals surface area contributed by atoms with Crippen LogP contribution in [0.1, 0.15) is 12.8 Å². The highest BCUT2D eigenvalue weighted by Crippen LogP contribution is 2.42. The predicted octanol–water partition coefficient (Wildman–Crippen LogP) is 5.59. The minimum Gasteiger partial charge on any atom is -0.493 e. The molecule has 2 heterocycles. The summed E-state index contributed by atoms with van der Waals surface area (Å²) in [5, 5.41) is 2.82. The lowest BCUT2D eigenvalue weighted by molar-refractivity contribution is 0.324. The molecule has 0 amide bonds. The fourth-order valence-electron chi connectivity index (χ4n) is 4.00. The maximum Gasteiger partial charge on any atom is 0.203 e. The highest BCUT2D eigenvalue weighted by Gasteiger charge is 2.33. The molecule has 0 spiro atoms. The van der Waals surface area contributed by atoms with E-state index in [1.54, 1.807) is 27.4 Å². The fraction of sp³-hybridized carbons (Fsp3) is 0.348. The van der Waals surface area contributed by atoms with Gasteiger partial charge in [-0.2, -0.15) is 0 Å². The van der Waals surface area contributed by atoms with Gasteiger partial charge in [-0.05, 0) is 43.2 Å². The van der Waals surface area contributed by atoms with Crippen molar-refractivity contribution in [2.45, 2.75) is 23.0 Å². The van der Waals surface area contributed by atoms with Crippen molar-refractivity contribution >= 4 is 49.5 Å². The van der Waals surface area contributed by atoms with Crippen LogP contribution >= 0.6 is 34.5 Å². The van der Waals surface area contributed by atoms with Crippen LogP contribution in [0.15, 0.2) is 40.6 Å². The number of piperidine rings is 1. The Morgan fingerprint density at radius 3 is 2.24 bits per heavy atom. The van der Waals surface area contributed by atoms with Gasteiger partial charge in [0.05, 0.1) is 42.2 Å². The summed E-state index contributed by atoms with van der Waals surface area (Å²) in [5.41, 5.74) is 1.62. The van der Waals surface area contributed by atoms with Crippen LogP contribution in [0.2, 0.25) is 10.0 Å². The smallest absolute Gasteiger partial charge is 0.203 e. The molecule has 182 valence electrons. The Bertz CT molecular complexity index is 1260. The summed E-state index contributed by atoms with van der Waals surface area (Å²) < 4.78 is 42.6. The van der Waals surface area contributed by atoms with Gasteiger partial charge >= 0.3 is 0 Å². The summed E-state index contributed by atoms with van der Waals surface area (Å²) in [7, 11) is 1.12. The van der Waals surface area contributed by atoms with Crippen LogP contribution < -0.4 is 19.1 Å². The molecule has 0 bridgehead atoms. The average Bonchev–Trinajstić information content (AvgIpc) is 3.35. The Kier molecular flexibility index (Phi) is 7.47. The second-order valence-corrected chi connectivity index (χ2v) is 11.6. The lowest BCUT2D eigenvalue weighted by atomic mass is 10.1. The number of anilines is 1. The lowest BCUT2D eigenvalue weighted by Crippen LogP contribution is -2.39. The first-order valence-corrected chi connectivity index (χ1v) is 13.7. The van der Waals surface area contributed by atoms with Crippen LogP contribution in [0.3, 0.4) is 0 Å². The third-order valence-electron chi connectivity index (χ3n) is 5.80. The van der Waals surface area contributed by atoms with E-state index < -0.39 is 15.1 Å². The van der Waals surface area contributed by atoms with Crippen LogP contribution in [-0.2, 0) is 9.84 Å². The second kappa shape index (κ2) is 10.2. The normalized spacial score (nSPS) is 14.8. The van der Waals surface area contributed by atoms with Crippen molar-refractivity contribution in [3.63, 3.8) is 0 Å². The number of nitrogens with zero attached hydrogens (tertiary/aromatic N) is 2. The first kappa shape index (κ1) is 24.9. The van der Waals surface area contributed by atoms with E-state index in [9.17, 15) is 8.42 Å². The monoisotopic (exact) mass is 542 g/mol. The van der Waals surface area contributed by atoms with Crippen LogP contribution in [0.25, 0.3) is 11.3 Å². The van der Waals surface area contributed by atoms with Crippen molar-refractivity contribution in [2.24, 2.45) is 0 Å². The van der Waals surface area contributed by atoms with Gasteiger partial charge in [0.15, 0.2) is 26.5 Å². The third-order valence-corrected chi connectivity index (χ3v) is 9.68. The molecule has 0 aliphatic carbocycles. The predicted molar refractivity (Wildman–Crippen MR) is 136 cm³/mol. The van der Waals surface area contributed by atoms with Gasteiger partial charge in [0.2, 0.25) is 5.75 Å². The Morgan fingerprint density at radius 1 is 1.00 bits per heavy atom. The molecule has 7 nitrogen and oxygen atoms in total. The molecule has 1 saturated heterocycles. The summed E-state index contributed by atoms with van der Waals surface area (Å²) in [5.74, 6) is 1.63. The van der Waals surface area contributed by atoms with E-state index in [1.165, 1.54) is 23.5 Å². The maximum absolute atomic E-state index is 13.2. The molecular weight excluding hydrogens is 519 g/mol. The number of hydrogen-bond donors (Lipinski definition) is 0. The summed E-state index contributed by atoms with van der Waals surface area (Å²) in [4.78, 5) is 6.99. The molecular formula is C23H24Cl2N2O5S2. The second-order valence-electron chi connectivity index (χ2n) is 7.74. The fourth-order valence-corrected chi connectivity index (χ4v) is 7.39. The van der Waals surface area contributed by atoms with Crippen molar-refractivity contribution in [3.05, 3.63) is 45.8 Å². The molecule has 0 atom stereocenters. The first-order valence-electron chi connectivity index (χ1n) is 10.5. The largest absolute Gasteiger partial charge is 0.493 e. The van der Waals surface area contributed by atoms with Crippen LogP contribution in [-0.4, -0.2) is 53.1 Å². The Hall–Kier alpha value is -2.20. The van der Waals surface area contributed by atoms with Crippen LogP contribution in [0.4, 0.5) is 5.13 Å². The van der Waals surface area contributed by atoms with E-state index in [0.29, 0.717) is 48.2 Å². The topological polar surface area (TPSA) is 78.0 Å². The maximum atomic E-state index is 13.2. The molecule has 0 saturated carbocycles. The molecule has 3 aromatic rings. The van der Waals surface area contributed by atoms with Gasteiger partial charge in [0.1, 0.15) is 0 Å². The van der Waals surface area contributed by atoms with Gasteiger partial charge in [-0.25, -0.2) is 13.4 Å². The van der Waals surface area contributed by atoms with Crippen molar-refractivity contribution in [1.29, 1.82) is 0 Å². The Morgan fingerprint density at radius 2 is 1.65 bits per heavy atom. The van der Waals surface area contributed by atoms with E-state index >= 15 is 0 Å². The molecule has 0 N–H and O–H groups in total. The minimum absolute atomic E-state index is 0.0963. The number of rotatable bonds is 7. The number of benzene rings is 2. The number of methoxy groups -OCH3 is 3. The van der Waals surface area contributed by atoms with E-state index in [2.05, 4.69) is 4.90 Å². The van der Waals surface area contributed by atoms with Gasteiger partial charge in [-0.1, -0.05) is 23.2 Å². The van der Waals surface area contributed by atoms with E-state index in [1.807, 2.05) is 17.5 Å². The van der Waals surface area contributed by atoms with E-state index in [4.69, 9.17) is 42.4 Å². The van der Waals surface area contributed by atoms with Crippen molar-refractivity contribution in [1.82, 2.24) is 4.98 Å². The average molecular weight is 543 g/mol. The zero-order valence-electron chi connectivity index (χ0n) is 18.9. The van der Waals surface area contributed by atoms with Gasteiger partial charge in [-0.3, -0.25) is 0 Å². The standard InChI is InChI=1S/C23H24Cl2N2O5S2/c1-30-19-10-14(11-20(31-2)22(19)32-3)18-13-33-23(26-18)27-8-6-16(7-9-27)34(28,29)21-12-15(24)4-5-17(21)25/h4-5,10-13,16H,6-9H2,1-3H3. The number of aromatic nitrogens is 1. The van der Waals surface area contributed by atoms with Crippen LogP contribution in [0.5, 0.6) is 17.2 Å². The van der Waals surface area contributed by atoms with Crippen molar-refractivity contribution < 1.29 is 22.6 Å². The SMILES string of the molecule is COc1cc(-c2csc(N3CCC(S(=O)(=O)c4cc(Cl)ccc4Cl)CC3)n2)cc(OC)c1OC. The Labute approximate surface area is 213 Å². The van der Waals surface area contributed by atoms with Gasteiger partial charge in [-0.15, -0.1) is 11.3 Å². The lowest BCUT2D eigenvalue weighted by Gasteiger charge is -2.31. The molecule has 2 aromatic carbocycles. The molecule has 4 rings (SSSR count). The van der Waals surface area contributed by atoms with Crippen molar-refractivity contribution in [2.75, 3.05) is 39.3 Å². The summed E-state index contributed by atoms with van der Waals surface area (Å²) in [6.07, 6.45) is 0.953. The number of thiazole rings is 1. The Balaban J connectivity index is 1.51.